The predicted octanol–water partition coefficient (Wildman–Crippen LogP) is 2.28. The fourth-order valence-corrected chi connectivity index (χ4v) is 1.48. The Morgan fingerprint density at radius 1 is 1.38 bits per heavy atom. The molecular weight excluding hydrogens is 228 g/mol. The molecule has 0 saturated heterocycles. The van der Waals surface area contributed by atoms with Crippen molar-refractivity contribution in [3.8, 4) is 0 Å². The van der Waals surface area contributed by atoms with Crippen LogP contribution in [0.25, 0.3) is 0 Å². The van der Waals surface area contributed by atoms with Crippen LogP contribution in [0.5, 0.6) is 0 Å². The van der Waals surface area contributed by atoms with Crippen LogP contribution in [0.15, 0.2) is 36.8 Å². The van der Waals surface area contributed by atoms with E-state index in [1.165, 1.54) is 12.5 Å². The highest BCUT2D eigenvalue weighted by Crippen LogP contribution is 2.10. The molecule has 82 valence electrons. The van der Waals surface area contributed by atoms with Crippen molar-refractivity contribution in [2.75, 3.05) is 0 Å². The van der Waals surface area contributed by atoms with Crippen LogP contribution in [0.2, 0.25) is 5.02 Å². The molecule has 0 spiro atoms. The molecule has 2 aromatic rings. The normalized spacial score (nSPS) is 10.3. The summed E-state index contributed by atoms with van der Waals surface area (Å²) in [6, 6.07) is 7.38. The van der Waals surface area contributed by atoms with Crippen molar-refractivity contribution in [3.05, 3.63) is 53.1 Å². The Kier molecular flexibility index (Phi) is 2.92. The van der Waals surface area contributed by atoms with Crippen LogP contribution < -0.4 is 0 Å². The molecule has 0 atom stereocenters. The lowest BCUT2D eigenvalue weighted by molar-refractivity contribution is 0.0691. The molecule has 1 N–H and O–H groups in total. The summed E-state index contributed by atoms with van der Waals surface area (Å²) in [5, 5.41) is 9.39. The summed E-state index contributed by atoms with van der Waals surface area (Å²) in [7, 11) is 0. The Bertz CT molecular complexity index is 505. The highest BCUT2D eigenvalue weighted by molar-refractivity contribution is 6.30. The van der Waals surface area contributed by atoms with Gasteiger partial charge in [0.1, 0.15) is 0 Å². The molecule has 2 rings (SSSR count). The van der Waals surface area contributed by atoms with E-state index < -0.39 is 5.97 Å². The molecule has 0 bridgehead atoms. The molecular formula is C11H9ClN2O2. The van der Waals surface area contributed by atoms with E-state index >= 15 is 0 Å². The summed E-state index contributed by atoms with van der Waals surface area (Å²) in [6.45, 7) is 0.581. The molecule has 4 nitrogen and oxygen atoms in total. The minimum absolute atomic E-state index is 0.0500. The van der Waals surface area contributed by atoms with E-state index in [9.17, 15) is 4.79 Å². The maximum Gasteiger partial charge on any atom is 0.356 e. The largest absolute Gasteiger partial charge is 0.476 e. The average molecular weight is 237 g/mol. The van der Waals surface area contributed by atoms with Crippen LogP contribution in [0.4, 0.5) is 0 Å². The number of benzene rings is 1. The standard InChI is InChI=1S/C11H9ClN2O2/c12-9-3-1-8(2-4-9)5-14-6-10(11(15)16)13-7-14/h1-4,6-7H,5H2,(H,15,16). The molecule has 16 heavy (non-hydrogen) atoms. The molecule has 0 unspecified atom stereocenters. The highest BCUT2D eigenvalue weighted by atomic mass is 35.5. The van der Waals surface area contributed by atoms with Crippen molar-refractivity contribution in [2.24, 2.45) is 0 Å². The number of halogens is 1. The third-order valence-electron chi connectivity index (χ3n) is 2.13. The zero-order valence-corrected chi connectivity index (χ0v) is 9.05. The molecule has 5 heteroatoms. The number of nitrogens with zero attached hydrogens (tertiary/aromatic N) is 2. The Labute approximate surface area is 97.1 Å². The van der Waals surface area contributed by atoms with E-state index in [1.54, 1.807) is 16.7 Å². The lowest BCUT2D eigenvalue weighted by atomic mass is 10.2. The number of carbonyl (C=O) groups is 1. The summed E-state index contributed by atoms with van der Waals surface area (Å²) in [6.07, 6.45) is 3.00. The van der Waals surface area contributed by atoms with Gasteiger partial charge in [-0.2, -0.15) is 0 Å². The first-order valence-electron chi connectivity index (χ1n) is 4.64. The Morgan fingerprint density at radius 2 is 2.06 bits per heavy atom. The van der Waals surface area contributed by atoms with Crippen molar-refractivity contribution in [3.63, 3.8) is 0 Å². The SMILES string of the molecule is O=C(O)c1cn(Cc2ccc(Cl)cc2)cn1. The molecule has 1 heterocycles. The Morgan fingerprint density at radius 3 is 2.62 bits per heavy atom. The second-order valence-corrected chi connectivity index (χ2v) is 3.80. The minimum Gasteiger partial charge on any atom is -0.476 e. The molecule has 0 radical (unpaired) electrons. The topological polar surface area (TPSA) is 55.1 Å². The first kappa shape index (κ1) is 10.7. The number of aromatic carboxylic acids is 1. The monoisotopic (exact) mass is 236 g/mol. The van der Waals surface area contributed by atoms with Gasteiger partial charge in [0.15, 0.2) is 5.69 Å². The summed E-state index contributed by atoms with van der Waals surface area (Å²) >= 11 is 5.76. The van der Waals surface area contributed by atoms with Gasteiger partial charge in [-0.15, -0.1) is 0 Å². The fourth-order valence-electron chi connectivity index (χ4n) is 1.36. The average Bonchev–Trinajstić information content (AvgIpc) is 2.70. The van der Waals surface area contributed by atoms with Crippen LogP contribution >= 0.6 is 11.6 Å². The maximum atomic E-state index is 10.6. The number of hydrogen-bond donors (Lipinski definition) is 1. The van der Waals surface area contributed by atoms with Gasteiger partial charge in [0.05, 0.1) is 6.33 Å². The van der Waals surface area contributed by atoms with Crippen molar-refractivity contribution in [1.82, 2.24) is 9.55 Å². The second-order valence-electron chi connectivity index (χ2n) is 3.36. The highest BCUT2D eigenvalue weighted by Gasteiger charge is 2.06. The molecule has 0 aliphatic heterocycles. The van der Waals surface area contributed by atoms with Gasteiger partial charge in [-0.1, -0.05) is 23.7 Å². The van der Waals surface area contributed by atoms with Gasteiger partial charge in [-0.05, 0) is 17.7 Å². The molecule has 0 aliphatic rings. The molecule has 1 aromatic heterocycles. The smallest absolute Gasteiger partial charge is 0.356 e. The van der Waals surface area contributed by atoms with E-state index in [4.69, 9.17) is 16.7 Å². The maximum absolute atomic E-state index is 10.6. The minimum atomic E-state index is -1.02. The number of imidazole rings is 1. The number of aromatic nitrogens is 2. The lowest BCUT2D eigenvalue weighted by Crippen LogP contribution is -1.98. The van der Waals surface area contributed by atoms with Crippen molar-refractivity contribution in [1.29, 1.82) is 0 Å². The zero-order valence-electron chi connectivity index (χ0n) is 8.30. The lowest BCUT2D eigenvalue weighted by Gasteiger charge is -2.01. The van der Waals surface area contributed by atoms with Gasteiger partial charge in [0.2, 0.25) is 0 Å². The van der Waals surface area contributed by atoms with Crippen LogP contribution in [0, 0.1) is 0 Å². The van der Waals surface area contributed by atoms with Gasteiger partial charge in [-0.25, -0.2) is 9.78 Å². The van der Waals surface area contributed by atoms with Gasteiger partial charge in [0, 0.05) is 17.8 Å². The number of hydrogen-bond acceptors (Lipinski definition) is 2. The molecule has 0 aliphatic carbocycles. The number of carboxylic acids is 1. The summed E-state index contributed by atoms with van der Waals surface area (Å²) in [5.41, 5.74) is 1.09. The number of rotatable bonds is 3. The van der Waals surface area contributed by atoms with E-state index in [0.29, 0.717) is 11.6 Å². The Hall–Kier alpha value is -1.81. The zero-order chi connectivity index (χ0) is 11.5. The third-order valence-corrected chi connectivity index (χ3v) is 2.38. The van der Waals surface area contributed by atoms with Crippen LogP contribution in [0.3, 0.4) is 0 Å². The van der Waals surface area contributed by atoms with Crippen LogP contribution in [0.1, 0.15) is 16.1 Å². The molecule has 0 amide bonds. The van der Waals surface area contributed by atoms with E-state index in [1.807, 2.05) is 12.1 Å². The Balaban J connectivity index is 2.14. The fraction of sp³-hybridized carbons (Fsp3) is 0.0909. The summed E-state index contributed by atoms with van der Waals surface area (Å²) in [5.74, 6) is -1.02. The quantitative estimate of drug-likeness (QED) is 0.890. The van der Waals surface area contributed by atoms with E-state index in [0.717, 1.165) is 5.56 Å². The van der Waals surface area contributed by atoms with E-state index in [-0.39, 0.29) is 5.69 Å². The van der Waals surface area contributed by atoms with Crippen molar-refractivity contribution < 1.29 is 9.90 Å². The molecule has 0 fully saturated rings. The van der Waals surface area contributed by atoms with Gasteiger partial charge in [-0.3, -0.25) is 0 Å². The van der Waals surface area contributed by atoms with Gasteiger partial charge in [0.25, 0.3) is 0 Å². The molecule has 0 saturated carbocycles. The van der Waals surface area contributed by atoms with Gasteiger partial charge >= 0.3 is 5.97 Å². The van der Waals surface area contributed by atoms with E-state index in [2.05, 4.69) is 4.98 Å². The van der Waals surface area contributed by atoms with Gasteiger partial charge < -0.3 is 9.67 Å². The predicted molar refractivity (Wildman–Crippen MR) is 59.7 cm³/mol. The first-order chi connectivity index (χ1) is 7.65. The number of carboxylic acid groups (broad SMARTS) is 1. The first-order valence-corrected chi connectivity index (χ1v) is 5.02. The van der Waals surface area contributed by atoms with Crippen LogP contribution in [-0.4, -0.2) is 20.6 Å². The van der Waals surface area contributed by atoms with Crippen molar-refractivity contribution in [2.45, 2.75) is 6.54 Å². The van der Waals surface area contributed by atoms with Crippen LogP contribution in [-0.2, 0) is 6.54 Å². The second kappa shape index (κ2) is 4.37. The molecule has 1 aromatic carbocycles. The summed E-state index contributed by atoms with van der Waals surface area (Å²) < 4.78 is 1.71. The van der Waals surface area contributed by atoms with Crippen molar-refractivity contribution >= 4 is 17.6 Å². The third kappa shape index (κ3) is 2.41. The summed E-state index contributed by atoms with van der Waals surface area (Å²) in [4.78, 5) is 14.4.